The lowest BCUT2D eigenvalue weighted by atomic mass is 10.5. The van der Waals surface area contributed by atoms with Crippen molar-refractivity contribution in [3.8, 4) is 0 Å². The van der Waals surface area contributed by atoms with Crippen LogP contribution >= 0.6 is 0 Å². The fraction of sp³-hybridized carbons (Fsp3) is 0.375. The van der Waals surface area contributed by atoms with Gasteiger partial charge >= 0.3 is 16.9 Å². The Morgan fingerprint density at radius 1 is 1.53 bits per heavy atom. The Balaban J connectivity index is 3.22. The molecule has 0 aliphatic heterocycles. The van der Waals surface area contributed by atoms with Crippen LogP contribution in [0, 0.1) is 10.1 Å². The minimum absolute atomic E-state index is 0.372. The van der Waals surface area contributed by atoms with Crippen molar-refractivity contribution in [3.05, 3.63) is 37.1 Å². The first kappa shape index (κ1) is 12.6. The third-order valence-electron chi connectivity index (χ3n) is 1.99. The van der Waals surface area contributed by atoms with E-state index in [4.69, 9.17) is 0 Å². The van der Waals surface area contributed by atoms with Crippen LogP contribution in [0.2, 0.25) is 0 Å². The van der Waals surface area contributed by atoms with Crippen LogP contribution in [0.4, 0.5) is 5.69 Å². The highest BCUT2D eigenvalue weighted by molar-refractivity contribution is 5.75. The highest BCUT2D eigenvalue weighted by Gasteiger charge is 2.16. The maximum absolute atomic E-state index is 11.3. The summed E-state index contributed by atoms with van der Waals surface area (Å²) < 4.78 is 0.780. The number of likely N-dealkylation sites (N-methyl/N-ethyl adjacent to an activating group) is 1. The molecule has 1 amide bonds. The molecule has 9 nitrogen and oxygen atoms in total. The largest absolute Gasteiger partial charge is 0.350 e. The van der Waals surface area contributed by atoms with Crippen molar-refractivity contribution in [3.63, 3.8) is 0 Å². The van der Waals surface area contributed by atoms with Crippen LogP contribution in [0.5, 0.6) is 0 Å². The molecule has 0 atom stereocenters. The van der Waals surface area contributed by atoms with Gasteiger partial charge in [0.15, 0.2) is 0 Å². The standard InChI is InChI=1S/C8H10N4O5/c1-10(2)6(13)4-11-3-5(12(16)17)7(14)9-8(11)15/h3H,4H2,1-2H3,(H,9,14,15). The van der Waals surface area contributed by atoms with Crippen molar-refractivity contribution < 1.29 is 9.72 Å². The fourth-order valence-electron chi connectivity index (χ4n) is 1.03. The van der Waals surface area contributed by atoms with Gasteiger partial charge in [-0.25, -0.2) is 4.79 Å². The number of nitrogens with one attached hydrogen (secondary N) is 1. The van der Waals surface area contributed by atoms with Crippen LogP contribution in [0.15, 0.2) is 15.8 Å². The molecule has 0 fully saturated rings. The molecular weight excluding hydrogens is 232 g/mol. The molecule has 0 spiro atoms. The molecule has 1 aromatic rings. The van der Waals surface area contributed by atoms with Crippen molar-refractivity contribution in [2.24, 2.45) is 0 Å². The van der Waals surface area contributed by atoms with E-state index < -0.39 is 27.8 Å². The van der Waals surface area contributed by atoms with Gasteiger partial charge in [0.1, 0.15) is 6.54 Å². The van der Waals surface area contributed by atoms with E-state index in [2.05, 4.69) is 0 Å². The van der Waals surface area contributed by atoms with E-state index in [1.165, 1.54) is 19.0 Å². The molecule has 0 saturated carbocycles. The molecule has 1 N–H and O–H groups in total. The minimum Gasteiger partial charge on any atom is -0.347 e. The summed E-state index contributed by atoms with van der Waals surface area (Å²) in [5.74, 6) is -0.423. The van der Waals surface area contributed by atoms with E-state index >= 15 is 0 Å². The summed E-state index contributed by atoms with van der Waals surface area (Å²) in [5.41, 5.74) is -2.74. The number of nitro groups is 1. The molecule has 0 radical (unpaired) electrons. The molecule has 0 bridgehead atoms. The Morgan fingerprint density at radius 2 is 2.12 bits per heavy atom. The van der Waals surface area contributed by atoms with Crippen molar-refractivity contribution in [2.45, 2.75) is 6.54 Å². The lowest BCUT2D eigenvalue weighted by Gasteiger charge is -2.10. The fourth-order valence-corrected chi connectivity index (χ4v) is 1.03. The van der Waals surface area contributed by atoms with Gasteiger partial charge in [-0.3, -0.25) is 29.3 Å². The first-order chi connectivity index (χ1) is 7.82. The Hall–Kier alpha value is -2.45. The zero-order chi connectivity index (χ0) is 13.2. The summed E-state index contributed by atoms with van der Waals surface area (Å²) in [5, 5.41) is 10.5. The van der Waals surface area contributed by atoms with E-state index in [0.29, 0.717) is 0 Å². The smallest absolute Gasteiger partial charge is 0.347 e. The van der Waals surface area contributed by atoms with Crippen LogP contribution in [-0.4, -0.2) is 39.4 Å². The molecule has 0 unspecified atom stereocenters. The van der Waals surface area contributed by atoms with E-state index in [1.807, 2.05) is 0 Å². The summed E-state index contributed by atoms with van der Waals surface area (Å²) in [6, 6.07) is 0. The Morgan fingerprint density at radius 3 is 2.59 bits per heavy atom. The molecule has 1 aromatic heterocycles. The number of aromatic amines is 1. The van der Waals surface area contributed by atoms with Gasteiger partial charge in [0.05, 0.1) is 11.1 Å². The van der Waals surface area contributed by atoms with Gasteiger partial charge in [-0.2, -0.15) is 0 Å². The molecule has 0 aromatic carbocycles. The van der Waals surface area contributed by atoms with E-state index in [9.17, 15) is 24.5 Å². The maximum Gasteiger partial charge on any atom is 0.350 e. The van der Waals surface area contributed by atoms with Gasteiger partial charge in [-0.15, -0.1) is 0 Å². The second-order valence-electron chi connectivity index (χ2n) is 3.45. The molecule has 92 valence electrons. The van der Waals surface area contributed by atoms with Crippen molar-refractivity contribution in [1.29, 1.82) is 0 Å². The van der Waals surface area contributed by atoms with Crippen molar-refractivity contribution in [2.75, 3.05) is 14.1 Å². The number of H-pyrrole nitrogens is 1. The summed E-state index contributed by atoms with van der Waals surface area (Å²) >= 11 is 0. The third kappa shape index (κ3) is 2.77. The van der Waals surface area contributed by atoms with Crippen LogP contribution in [0.3, 0.4) is 0 Å². The summed E-state index contributed by atoms with van der Waals surface area (Å²) in [6.07, 6.45) is 0.753. The number of rotatable bonds is 3. The van der Waals surface area contributed by atoms with Gasteiger partial charge in [-0.1, -0.05) is 0 Å². The zero-order valence-electron chi connectivity index (χ0n) is 9.17. The van der Waals surface area contributed by atoms with Gasteiger partial charge in [-0.05, 0) is 0 Å². The number of hydrogen-bond acceptors (Lipinski definition) is 5. The molecule has 0 aliphatic carbocycles. The average Bonchev–Trinajstić information content (AvgIpc) is 2.21. The quantitative estimate of drug-likeness (QED) is 0.513. The first-order valence-corrected chi connectivity index (χ1v) is 4.51. The predicted octanol–water partition coefficient (Wildman–Crippen LogP) is -1.47. The number of hydrogen-bond donors (Lipinski definition) is 1. The maximum atomic E-state index is 11.3. The Kier molecular flexibility index (Phi) is 3.41. The van der Waals surface area contributed by atoms with Crippen LogP contribution in [0.1, 0.15) is 0 Å². The molecule has 0 saturated heterocycles. The molecule has 9 heteroatoms. The highest BCUT2D eigenvalue weighted by atomic mass is 16.6. The van der Waals surface area contributed by atoms with Gasteiger partial charge in [0.2, 0.25) is 5.91 Å². The van der Waals surface area contributed by atoms with Crippen molar-refractivity contribution in [1.82, 2.24) is 14.5 Å². The Bertz CT molecular complexity index is 570. The zero-order valence-corrected chi connectivity index (χ0v) is 9.17. The monoisotopic (exact) mass is 242 g/mol. The second kappa shape index (κ2) is 4.60. The predicted molar refractivity (Wildman–Crippen MR) is 56.7 cm³/mol. The lowest BCUT2D eigenvalue weighted by Crippen LogP contribution is -2.35. The number of amides is 1. The summed E-state index contributed by atoms with van der Waals surface area (Å²) in [4.78, 5) is 46.2. The van der Waals surface area contributed by atoms with E-state index in [-0.39, 0.29) is 6.54 Å². The summed E-state index contributed by atoms with van der Waals surface area (Å²) in [6.45, 7) is -0.372. The molecule has 0 aliphatic rings. The molecule has 1 rings (SSSR count). The second-order valence-corrected chi connectivity index (χ2v) is 3.45. The van der Waals surface area contributed by atoms with E-state index in [0.717, 1.165) is 10.8 Å². The van der Waals surface area contributed by atoms with E-state index in [1.54, 1.807) is 4.98 Å². The van der Waals surface area contributed by atoms with Crippen LogP contribution in [0.25, 0.3) is 0 Å². The lowest BCUT2D eigenvalue weighted by molar-refractivity contribution is -0.386. The highest BCUT2D eigenvalue weighted by Crippen LogP contribution is 1.99. The number of aromatic nitrogens is 2. The number of nitrogens with zero attached hydrogens (tertiary/aromatic N) is 3. The number of carbonyl (C=O) groups is 1. The summed E-state index contributed by atoms with van der Waals surface area (Å²) in [7, 11) is 2.96. The normalized spacial score (nSPS) is 10.0. The third-order valence-corrected chi connectivity index (χ3v) is 1.99. The van der Waals surface area contributed by atoms with Gasteiger partial charge in [0, 0.05) is 14.1 Å². The van der Waals surface area contributed by atoms with Crippen LogP contribution in [-0.2, 0) is 11.3 Å². The average molecular weight is 242 g/mol. The molecule has 17 heavy (non-hydrogen) atoms. The number of carbonyl (C=O) groups excluding carboxylic acids is 1. The molecule has 1 heterocycles. The van der Waals surface area contributed by atoms with Gasteiger partial charge < -0.3 is 4.90 Å². The van der Waals surface area contributed by atoms with Crippen LogP contribution < -0.4 is 11.2 Å². The minimum atomic E-state index is -1.09. The van der Waals surface area contributed by atoms with Crippen molar-refractivity contribution >= 4 is 11.6 Å². The SMILES string of the molecule is CN(C)C(=O)Cn1cc([N+](=O)[O-])c(=O)[nH]c1=O. The Labute approximate surface area is 94.4 Å². The first-order valence-electron chi connectivity index (χ1n) is 4.51. The topological polar surface area (TPSA) is 118 Å². The van der Waals surface area contributed by atoms with Gasteiger partial charge in [0.25, 0.3) is 0 Å². The molecular formula is C8H10N4O5.